The number of nitrogens with one attached hydrogen (secondary N) is 1. The maximum atomic E-state index is 12.2. The Morgan fingerprint density at radius 3 is 2.81 bits per heavy atom. The number of nitrogens with zero attached hydrogens (tertiary/aromatic N) is 1. The quantitative estimate of drug-likeness (QED) is 0.741. The van der Waals surface area contributed by atoms with Crippen molar-refractivity contribution in [2.45, 2.75) is 32.4 Å². The molecule has 0 bridgehead atoms. The number of carbonyl (C=O) groups is 1. The molecule has 0 radical (unpaired) electrons. The molecule has 0 spiro atoms. The minimum Gasteiger partial charge on any atom is -0.375 e. The zero-order valence-corrected chi connectivity index (χ0v) is 10.8. The third-order valence-corrected chi connectivity index (χ3v) is 3.30. The van der Waals surface area contributed by atoms with Gasteiger partial charge < -0.3 is 15.0 Å². The van der Waals surface area contributed by atoms with Gasteiger partial charge in [-0.05, 0) is 26.8 Å². The van der Waals surface area contributed by atoms with E-state index in [1.165, 1.54) is 0 Å². The van der Waals surface area contributed by atoms with Crippen LogP contribution in [0.4, 0.5) is 0 Å². The van der Waals surface area contributed by atoms with E-state index in [0.717, 1.165) is 26.1 Å². The Hall–Kier alpha value is -0.320. The summed E-state index contributed by atoms with van der Waals surface area (Å²) in [6, 6.07) is 0.231. The number of amides is 1. The van der Waals surface area contributed by atoms with Gasteiger partial charge in [0.25, 0.3) is 0 Å². The largest absolute Gasteiger partial charge is 0.375 e. The second-order valence-corrected chi connectivity index (χ2v) is 4.67. The SMILES string of the molecule is CC1CN(C(=O)[C@@H]2CCNC2)C(C)CO1.Cl. The van der Waals surface area contributed by atoms with Crippen LogP contribution in [0.1, 0.15) is 20.3 Å². The molecule has 2 aliphatic rings. The second kappa shape index (κ2) is 5.84. The van der Waals surface area contributed by atoms with Gasteiger partial charge in [0.05, 0.1) is 24.7 Å². The predicted molar refractivity (Wildman–Crippen MR) is 64.8 cm³/mol. The van der Waals surface area contributed by atoms with Crippen LogP contribution in [-0.4, -0.2) is 49.2 Å². The van der Waals surface area contributed by atoms with E-state index in [4.69, 9.17) is 4.74 Å². The molecule has 1 amide bonds. The molecule has 2 aliphatic heterocycles. The average Bonchev–Trinajstić information content (AvgIpc) is 2.74. The molecule has 2 fully saturated rings. The summed E-state index contributed by atoms with van der Waals surface area (Å²) in [4.78, 5) is 14.2. The van der Waals surface area contributed by atoms with Crippen molar-refractivity contribution in [1.29, 1.82) is 0 Å². The van der Waals surface area contributed by atoms with E-state index in [9.17, 15) is 4.79 Å². The molecule has 0 aromatic heterocycles. The molecule has 4 nitrogen and oxygen atoms in total. The molecule has 0 saturated carbocycles. The van der Waals surface area contributed by atoms with Crippen LogP contribution in [0.3, 0.4) is 0 Å². The summed E-state index contributed by atoms with van der Waals surface area (Å²) in [5.41, 5.74) is 0. The lowest BCUT2D eigenvalue weighted by atomic mass is 10.1. The molecule has 2 saturated heterocycles. The fourth-order valence-electron chi connectivity index (χ4n) is 2.31. The molecule has 94 valence electrons. The Morgan fingerprint density at radius 1 is 1.44 bits per heavy atom. The minimum absolute atomic E-state index is 0. The standard InChI is InChI=1S/C11H20N2O2.ClH/c1-8-7-15-9(2)6-13(8)11(14)10-3-4-12-5-10;/h8-10,12H,3-7H2,1-2H3;1H/t8?,9?,10-;/m1./s1. The minimum atomic E-state index is 0. The number of rotatable bonds is 1. The lowest BCUT2D eigenvalue weighted by Crippen LogP contribution is -2.52. The summed E-state index contributed by atoms with van der Waals surface area (Å²) in [7, 11) is 0. The number of carbonyl (C=O) groups excluding carboxylic acids is 1. The van der Waals surface area contributed by atoms with E-state index in [2.05, 4.69) is 12.2 Å². The number of ether oxygens (including phenoxy) is 1. The van der Waals surface area contributed by atoms with Gasteiger partial charge in [-0.3, -0.25) is 4.79 Å². The highest BCUT2D eigenvalue weighted by Gasteiger charge is 2.33. The Balaban J connectivity index is 0.00000128. The van der Waals surface area contributed by atoms with Gasteiger partial charge in [-0.2, -0.15) is 0 Å². The van der Waals surface area contributed by atoms with Crippen LogP contribution >= 0.6 is 12.4 Å². The van der Waals surface area contributed by atoms with Crippen LogP contribution in [0.25, 0.3) is 0 Å². The highest BCUT2D eigenvalue weighted by atomic mass is 35.5. The Kier molecular flexibility index (Phi) is 5.02. The molecular weight excluding hydrogens is 228 g/mol. The third-order valence-electron chi connectivity index (χ3n) is 3.30. The lowest BCUT2D eigenvalue weighted by Gasteiger charge is -2.38. The highest BCUT2D eigenvalue weighted by Crippen LogP contribution is 2.18. The molecule has 3 atom stereocenters. The van der Waals surface area contributed by atoms with Gasteiger partial charge in [-0.1, -0.05) is 0 Å². The molecule has 0 aromatic carbocycles. The van der Waals surface area contributed by atoms with Crippen LogP contribution < -0.4 is 5.32 Å². The van der Waals surface area contributed by atoms with Gasteiger partial charge in [0.2, 0.25) is 5.91 Å². The van der Waals surface area contributed by atoms with Crippen molar-refractivity contribution >= 4 is 18.3 Å². The Labute approximate surface area is 103 Å². The van der Waals surface area contributed by atoms with E-state index in [-0.39, 0.29) is 30.5 Å². The van der Waals surface area contributed by atoms with Crippen molar-refractivity contribution in [3.63, 3.8) is 0 Å². The molecule has 2 unspecified atom stereocenters. The Bertz CT molecular complexity index is 244. The normalized spacial score (nSPS) is 34.6. The van der Waals surface area contributed by atoms with Crippen molar-refractivity contribution < 1.29 is 9.53 Å². The van der Waals surface area contributed by atoms with Crippen LogP contribution in [0.15, 0.2) is 0 Å². The van der Waals surface area contributed by atoms with Gasteiger partial charge in [0.15, 0.2) is 0 Å². The second-order valence-electron chi connectivity index (χ2n) is 4.67. The number of hydrogen-bond acceptors (Lipinski definition) is 3. The smallest absolute Gasteiger partial charge is 0.227 e. The van der Waals surface area contributed by atoms with Crippen LogP contribution in [0, 0.1) is 5.92 Å². The lowest BCUT2D eigenvalue weighted by molar-refractivity contribution is -0.146. The van der Waals surface area contributed by atoms with Gasteiger partial charge >= 0.3 is 0 Å². The van der Waals surface area contributed by atoms with E-state index in [0.29, 0.717) is 12.5 Å². The summed E-state index contributed by atoms with van der Waals surface area (Å²) < 4.78 is 5.52. The van der Waals surface area contributed by atoms with Crippen LogP contribution in [0.2, 0.25) is 0 Å². The fraction of sp³-hybridized carbons (Fsp3) is 0.909. The molecular formula is C11H21ClN2O2. The topological polar surface area (TPSA) is 41.6 Å². The van der Waals surface area contributed by atoms with Crippen LogP contribution in [-0.2, 0) is 9.53 Å². The molecule has 2 heterocycles. The summed E-state index contributed by atoms with van der Waals surface area (Å²) in [6.07, 6.45) is 1.16. The van der Waals surface area contributed by atoms with Crippen molar-refractivity contribution in [2.75, 3.05) is 26.2 Å². The third kappa shape index (κ3) is 2.87. The zero-order chi connectivity index (χ0) is 10.8. The summed E-state index contributed by atoms with van der Waals surface area (Å²) in [5.74, 6) is 0.500. The number of halogens is 1. The first-order valence-electron chi connectivity index (χ1n) is 5.81. The van der Waals surface area contributed by atoms with Crippen molar-refractivity contribution in [3.05, 3.63) is 0 Å². The van der Waals surface area contributed by atoms with Crippen LogP contribution in [0.5, 0.6) is 0 Å². The first-order valence-corrected chi connectivity index (χ1v) is 5.81. The summed E-state index contributed by atoms with van der Waals surface area (Å²) in [5, 5.41) is 3.24. The van der Waals surface area contributed by atoms with E-state index < -0.39 is 0 Å². The highest BCUT2D eigenvalue weighted by molar-refractivity contribution is 5.85. The molecule has 5 heteroatoms. The Morgan fingerprint density at radius 2 is 2.19 bits per heavy atom. The molecule has 1 N–H and O–H groups in total. The maximum absolute atomic E-state index is 12.2. The summed E-state index contributed by atoms with van der Waals surface area (Å²) in [6.45, 7) is 7.33. The molecule has 2 rings (SSSR count). The van der Waals surface area contributed by atoms with E-state index in [1.807, 2.05) is 11.8 Å². The fourth-order valence-corrected chi connectivity index (χ4v) is 2.31. The zero-order valence-electron chi connectivity index (χ0n) is 9.94. The maximum Gasteiger partial charge on any atom is 0.227 e. The monoisotopic (exact) mass is 248 g/mol. The first kappa shape index (κ1) is 13.7. The molecule has 0 aromatic rings. The summed E-state index contributed by atoms with van der Waals surface area (Å²) >= 11 is 0. The predicted octanol–water partition coefficient (Wildman–Crippen LogP) is 0.653. The van der Waals surface area contributed by atoms with E-state index in [1.54, 1.807) is 0 Å². The van der Waals surface area contributed by atoms with E-state index >= 15 is 0 Å². The van der Waals surface area contributed by atoms with Gasteiger partial charge in [0, 0.05) is 13.1 Å². The van der Waals surface area contributed by atoms with Gasteiger partial charge in [0.1, 0.15) is 0 Å². The average molecular weight is 249 g/mol. The molecule has 0 aliphatic carbocycles. The van der Waals surface area contributed by atoms with Crippen molar-refractivity contribution in [3.8, 4) is 0 Å². The van der Waals surface area contributed by atoms with Crippen molar-refractivity contribution in [2.24, 2.45) is 5.92 Å². The van der Waals surface area contributed by atoms with Gasteiger partial charge in [-0.25, -0.2) is 0 Å². The number of hydrogen-bond donors (Lipinski definition) is 1. The van der Waals surface area contributed by atoms with Gasteiger partial charge in [-0.15, -0.1) is 12.4 Å². The number of morpholine rings is 1. The molecule has 16 heavy (non-hydrogen) atoms. The van der Waals surface area contributed by atoms with Crippen molar-refractivity contribution in [1.82, 2.24) is 10.2 Å². The first-order chi connectivity index (χ1) is 7.18.